The quantitative estimate of drug-likeness (QED) is 0.277. The van der Waals surface area contributed by atoms with Crippen LogP contribution in [0.4, 0.5) is 5.69 Å². The van der Waals surface area contributed by atoms with Gasteiger partial charge in [-0.15, -0.1) is 0 Å². The molecule has 3 aromatic carbocycles. The Morgan fingerprint density at radius 3 is 1.82 bits per heavy atom. The lowest BCUT2D eigenvalue weighted by Gasteiger charge is -2.45. The summed E-state index contributed by atoms with van der Waals surface area (Å²) in [6.45, 7) is 1.47. The van der Waals surface area contributed by atoms with Crippen molar-refractivity contribution in [2.75, 3.05) is 11.9 Å². The summed E-state index contributed by atoms with van der Waals surface area (Å²) in [6.07, 6.45) is 1.69. The fourth-order valence-electron chi connectivity index (χ4n) is 6.72. The summed E-state index contributed by atoms with van der Waals surface area (Å²) in [5, 5.41) is 2.69. The normalized spacial score (nSPS) is 22.8. The molecule has 3 atom stereocenters. The zero-order valence-corrected chi connectivity index (χ0v) is 23.6. The predicted octanol–water partition coefficient (Wildman–Crippen LogP) is 5.38. The molecule has 0 unspecified atom stereocenters. The average molecular weight is 601 g/mol. The highest BCUT2D eigenvalue weighted by atomic mass is 79.9. The zero-order chi connectivity index (χ0) is 28.0. The summed E-state index contributed by atoms with van der Waals surface area (Å²) >= 11 is 3.35. The molecule has 2 bridgehead atoms. The molecule has 1 aliphatic heterocycles. The minimum atomic E-state index is -1.07. The SMILES string of the molecule is CCCC[C@H](C(=O)OCC(=O)Nc1ccc(Br)cc1)N1C(=O)[C@@H]2C3c4ccccc4C(c4ccccc43)[C@H]2C1=O. The van der Waals surface area contributed by atoms with Crippen molar-refractivity contribution in [3.05, 3.63) is 99.5 Å². The fourth-order valence-corrected chi connectivity index (χ4v) is 6.98. The van der Waals surface area contributed by atoms with Crippen LogP contribution in [-0.4, -0.2) is 41.2 Å². The van der Waals surface area contributed by atoms with Crippen LogP contribution >= 0.6 is 15.9 Å². The van der Waals surface area contributed by atoms with Crippen LogP contribution in [0.2, 0.25) is 0 Å². The lowest BCUT2D eigenvalue weighted by atomic mass is 9.55. The molecule has 0 aromatic heterocycles. The number of likely N-dealkylation sites (tertiary alicyclic amines) is 1. The molecule has 0 saturated carbocycles. The van der Waals surface area contributed by atoms with E-state index in [0.29, 0.717) is 12.1 Å². The molecule has 7 nitrogen and oxygen atoms in total. The van der Waals surface area contributed by atoms with E-state index in [0.717, 1.165) is 38.0 Å². The molecule has 0 radical (unpaired) electrons. The molecule has 3 aliphatic carbocycles. The summed E-state index contributed by atoms with van der Waals surface area (Å²) < 4.78 is 6.28. The van der Waals surface area contributed by atoms with Crippen LogP contribution in [-0.2, 0) is 23.9 Å². The summed E-state index contributed by atoms with van der Waals surface area (Å²) in [5.74, 6) is -3.52. The van der Waals surface area contributed by atoms with Crippen molar-refractivity contribution in [1.29, 1.82) is 0 Å². The molecule has 8 heteroatoms. The first-order valence-corrected chi connectivity index (χ1v) is 14.5. The zero-order valence-electron chi connectivity index (χ0n) is 22.0. The molecule has 1 saturated heterocycles. The van der Waals surface area contributed by atoms with Crippen LogP contribution in [0.25, 0.3) is 0 Å². The van der Waals surface area contributed by atoms with Gasteiger partial charge in [0.2, 0.25) is 11.8 Å². The third-order valence-corrected chi connectivity index (χ3v) is 8.90. The maximum atomic E-state index is 14.1. The van der Waals surface area contributed by atoms with Gasteiger partial charge in [0.25, 0.3) is 5.91 Å². The molecular weight excluding hydrogens is 572 g/mol. The molecule has 3 amide bonds. The number of rotatable bonds is 8. The highest BCUT2D eigenvalue weighted by molar-refractivity contribution is 9.10. The molecule has 4 aliphatic rings. The minimum Gasteiger partial charge on any atom is -0.454 e. The molecule has 1 heterocycles. The Kier molecular flexibility index (Phi) is 7.04. The highest BCUT2D eigenvalue weighted by Gasteiger charge is 2.63. The number of amides is 3. The number of esters is 1. The van der Waals surface area contributed by atoms with E-state index in [2.05, 4.69) is 21.2 Å². The number of anilines is 1. The first-order valence-electron chi connectivity index (χ1n) is 13.7. The average Bonchev–Trinajstić information content (AvgIpc) is 3.23. The van der Waals surface area contributed by atoms with Crippen molar-refractivity contribution >= 4 is 45.3 Å². The van der Waals surface area contributed by atoms with Crippen molar-refractivity contribution in [1.82, 2.24) is 4.90 Å². The topological polar surface area (TPSA) is 92.8 Å². The van der Waals surface area contributed by atoms with Gasteiger partial charge >= 0.3 is 5.97 Å². The number of unbranched alkanes of at least 4 members (excludes halogenated alkanes) is 1. The van der Waals surface area contributed by atoms with E-state index < -0.39 is 36.4 Å². The number of carbonyl (C=O) groups is 4. The molecule has 3 aromatic rings. The van der Waals surface area contributed by atoms with Crippen molar-refractivity contribution < 1.29 is 23.9 Å². The van der Waals surface area contributed by atoms with Gasteiger partial charge in [0.05, 0.1) is 11.8 Å². The van der Waals surface area contributed by atoms with Crippen LogP contribution in [0, 0.1) is 11.8 Å². The van der Waals surface area contributed by atoms with Gasteiger partial charge in [0.1, 0.15) is 6.04 Å². The number of hydrogen-bond acceptors (Lipinski definition) is 5. The summed E-state index contributed by atoms with van der Waals surface area (Å²) in [5.41, 5.74) is 4.87. The maximum absolute atomic E-state index is 14.1. The Bertz CT molecular complexity index is 1390. The summed E-state index contributed by atoms with van der Waals surface area (Å²) in [7, 11) is 0. The third kappa shape index (κ3) is 4.35. The van der Waals surface area contributed by atoms with Gasteiger partial charge in [-0.05, 0) is 52.9 Å². The van der Waals surface area contributed by atoms with Crippen molar-refractivity contribution in [3.8, 4) is 0 Å². The van der Waals surface area contributed by atoms with Crippen LogP contribution in [0.1, 0.15) is 60.3 Å². The van der Waals surface area contributed by atoms with E-state index in [1.54, 1.807) is 24.3 Å². The van der Waals surface area contributed by atoms with E-state index in [-0.39, 0.29) is 30.1 Å². The molecular formula is C32H29BrN2O5. The Morgan fingerprint density at radius 2 is 1.35 bits per heavy atom. The van der Waals surface area contributed by atoms with Crippen LogP contribution in [0.15, 0.2) is 77.3 Å². The van der Waals surface area contributed by atoms with Gasteiger partial charge in [0.15, 0.2) is 6.61 Å². The number of nitrogens with zero attached hydrogens (tertiary/aromatic N) is 1. The van der Waals surface area contributed by atoms with Crippen molar-refractivity contribution in [2.45, 2.75) is 44.1 Å². The second-order valence-electron chi connectivity index (χ2n) is 10.6. The van der Waals surface area contributed by atoms with Crippen molar-refractivity contribution in [2.24, 2.45) is 11.8 Å². The van der Waals surface area contributed by atoms with E-state index in [1.165, 1.54) is 0 Å². The van der Waals surface area contributed by atoms with Gasteiger partial charge in [0, 0.05) is 22.0 Å². The number of hydrogen-bond donors (Lipinski definition) is 1. The van der Waals surface area contributed by atoms with Crippen LogP contribution < -0.4 is 5.32 Å². The number of carbonyl (C=O) groups excluding carboxylic acids is 4. The molecule has 40 heavy (non-hydrogen) atoms. The number of benzene rings is 3. The molecule has 0 spiro atoms. The summed E-state index contributed by atoms with van der Waals surface area (Å²) in [6, 6.07) is 22.0. The summed E-state index contributed by atoms with van der Waals surface area (Å²) in [4.78, 5) is 55.2. The Morgan fingerprint density at radius 1 is 0.850 bits per heavy atom. The third-order valence-electron chi connectivity index (χ3n) is 8.37. The van der Waals surface area contributed by atoms with Gasteiger partial charge in [-0.25, -0.2) is 4.79 Å². The van der Waals surface area contributed by atoms with Crippen LogP contribution in [0.3, 0.4) is 0 Å². The van der Waals surface area contributed by atoms with Crippen molar-refractivity contribution in [3.63, 3.8) is 0 Å². The van der Waals surface area contributed by atoms with E-state index in [1.807, 2.05) is 55.5 Å². The van der Waals surface area contributed by atoms with Gasteiger partial charge in [-0.3, -0.25) is 19.3 Å². The smallest absolute Gasteiger partial charge is 0.329 e. The van der Waals surface area contributed by atoms with Crippen LogP contribution in [0.5, 0.6) is 0 Å². The lowest BCUT2D eigenvalue weighted by molar-refractivity contribution is -0.160. The Labute approximate surface area is 241 Å². The predicted molar refractivity (Wildman–Crippen MR) is 152 cm³/mol. The Balaban J connectivity index is 1.26. The number of imide groups is 1. The monoisotopic (exact) mass is 600 g/mol. The Hall–Kier alpha value is -3.78. The van der Waals surface area contributed by atoms with Gasteiger partial charge in [-0.1, -0.05) is 84.2 Å². The van der Waals surface area contributed by atoms with E-state index >= 15 is 0 Å². The molecule has 204 valence electrons. The molecule has 7 rings (SSSR count). The fraction of sp³-hybridized carbons (Fsp3) is 0.312. The molecule has 1 fully saturated rings. The number of halogens is 1. The largest absolute Gasteiger partial charge is 0.454 e. The second-order valence-corrected chi connectivity index (χ2v) is 11.5. The second kappa shape index (κ2) is 10.7. The first-order chi connectivity index (χ1) is 19.4. The number of nitrogens with one attached hydrogen (secondary N) is 1. The lowest BCUT2D eigenvalue weighted by Crippen LogP contribution is -2.47. The van der Waals surface area contributed by atoms with Gasteiger partial charge in [-0.2, -0.15) is 0 Å². The minimum absolute atomic E-state index is 0.247. The van der Waals surface area contributed by atoms with E-state index in [4.69, 9.17) is 4.74 Å². The first kappa shape index (κ1) is 26.4. The maximum Gasteiger partial charge on any atom is 0.329 e. The highest BCUT2D eigenvalue weighted by Crippen LogP contribution is 2.61. The van der Waals surface area contributed by atoms with E-state index in [9.17, 15) is 19.2 Å². The van der Waals surface area contributed by atoms with Gasteiger partial charge < -0.3 is 10.1 Å². The molecule has 1 N–H and O–H groups in total. The standard InChI is InChI=1S/C32H29BrN2O5/c1-2-3-12-24(32(39)40-17-25(36)34-19-15-13-18(33)14-16-19)35-30(37)28-26-20-8-4-5-9-21(20)27(29(28)31(35)38)23-11-7-6-10-22(23)26/h4-11,13-16,24,26-29H,2-3,12,17H2,1H3,(H,34,36)/t24-,26?,27?,28-,29-/m1/s1. The number of ether oxygens (including phenoxy) is 1.